The van der Waals surface area contributed by atoms with Crippen LogP contribution in [0.2, 0.25) is 0 Å². The second-order valence-corrected chi connectivity index (χ2v) is 4.30. The summed E-state index contributed by atoms with van der Waals surface area (Å²) in [7, 11) is 0. The first-order valence-corrected chi connectivity index (χ1v) is 5.56. The first kappa shape index (κ1) is 12.5. The van der Waals surface area contributed by atoms with Gasteiger partial charge in [-0.2, -0.15) is 0 Å². The monoisotopic (exact) mass is 204 g/mol. The normalized spacial score (nSPS) is 12.9. The van der Waals surface area contributed by atoms with Crippen molar-refractivity contribution in [2.75, 3.05) is 6.26 Å². The molecule has 0 spiro atoms. The van der Waals surface area contributed by atoms with E-state index in [4.69, 9.17) is 5.11 Å². The fourth-order valence-electron chi connectivity index (χ4n) is 0.932. The molecule has 0 aliphatic carbocycles. The molecule has 0 aromatic carbocycles. The summed E-state index contributed by atoms with van der Waals surface area (Å²) in [6.45, 7) is 4.03. The summed E-state index contributed by atoms with van der Waals surface area (Å²) in [6, 6.07) is 0. The van der Waals surface area contributed by atoms with Crippen LogP contribution in [0.4, 0.5) is 0 Å². The molecule has 4 heteroatoms. The average molecular weight is 204 g/mol. The minimum Gasteiger partial charge on any atom is -0.480 e. The molecule has 0 aromatic rings. The zero-order chi connectivity index (χ0) is 10.4. The third-order valence-electron chi connectivity index (χ3n) is 1.72. The van der Waals surface area contributed by atoms with Gasteiger partial charge in [-0.15, -0.1) is 11.8 Å². The Hall–Kier alpha value is -0.510. The van der Waals surface area contributed by atoms with E-state index in [0.717, 1.165) is 18.2 Å². The molecule has 0 bridgehead atoms. The first-order valence-electron chi connectivity index (χ1n) is 4.27. The van der Waals surface area contributed by atoms with Crippen molar-refractivity contribution in [3.8, 4) is 0 Å². The van der Waals surface area contributed by atoms with Crippen LogP contribution in [0.15, 0.2) is 0 Å². The molecule has 13 heavy (non-hydrogen) atoms. The van der Waals surface area contributed by atoms with Crippen LogP contribution >= 0.6 is 11.8 Å². The van der Waals surface area contributed by atoms with Crippen molar-refractivity contribution in [2.45, 2.75) is 31.9 Å². The molecule has 0 aromatic heterocycles. The van der Waals surface area contributed by atoms with E-state index in [1.165, 1.54) is 0 Å². The summed E-state index contributed by atoms with van der Waals surface area (Å²) < 4.78 is 0. The molecule has 0 saturated carbocycles. The minimum atomic E-state index is -1.03. The Kier molecular flexibility index (Phi) is 5.79. The largest absolute Gasteiger partial charge is 0.480 e. The van der Waals surface area contributed by atoms with Gasteiger partial charge in [-0.05, 0) is 18.6 Å². The smallest absolute Gasteiger partial charge is 0.324 e. The predicted octanol–water partition coefficient (Wildman–Crippen LogP) is 1.81. The third-order valence-corrected chi connectivity index (χ3v) is 2.66. The minimum absolute atomic E-state index is 0.172. The summed E-state index contributed by atoms with van der Waals surface area (Å²) in [5.41, 5.74) is 0. The molecule has 0 aliphatic rings. The molecule has 0 saturated heterocycles. The maximum atomic E-state index is 11.3. The standard InChI is InChI=1S/C9H16O3S/c1-6(2)4-5-7(10)8(13-3)9(11)12/h6,8H,4-5H2,1-3H3,(H,11,12). The first-order chi connectivity index (χ1) is 5.99. The van der Waals surface area contributed by atoms with Gasteiger partial charge in [0.2, 0.25) is 0 Å². The SMILES string of the molecule is CSC(C(=O)O)C(=O)CCC(C)C. The van der Waals surface area contributed by atoms with E-state index in [1.54, 1.807) is 6.26 Å². The fraction of sp³-hybridized carbons (Fsp3) is 0.778. The van der Waals surface area contributed by atoms with Crippen molar-refractivity contribution >= 4 is 23.5 Å². The highest BCUT2D eigenvalue weighted by Gasteiger charge is 2.24. The van der Waals surface area contributed by atoms with Gasteiger partial charge in [-0.1, -0.05) is 13.8 Å². The zero-order valence-corrected chi connectivity index (χ0v) is 9.06. The average Bonchev–Trinajstić information content (AvgIpc) is 2.01. The van der Waals surface area contributed by atoms with Gasteiger partial charge in [-0.25, -0.2) is 0 Å². The number of hydrogen-bond acceptors (Lipinski definition) is 3. The number of ketones is 1. The van der Waals surface area contributed by atoms with Crippen LogP contribution in [-0.4, -0.2) is 28.4 Å². The fourth-order valence-corrected chi connectivity index (χ4v) is 1.51. The highest BCUT2D eigenvalue weighted by atomic mass is 32.2. The molecule has 0 amide bonds. The van der Waals surface area contributed by atoms with Crippen molar-refractivity contribution in [2.24, 2.45) is 5.92 Å². The van der Waals surface area contributed by atoms with Crippen molar-refractivity contribution < 1.29 is 14.7 Å². The Bertz CT molecular complexity index is 189. The van der Waals surface area contributed by atoms with Crippen LogP contribution in [0.3, 0.4) is 0 Å². The van der Waals surface area contributed by atoms with E-state index < -0.39 is 11.2 Å². The molecule has 0 rings (SSSR count). The van der Waals surface area contributed by atoms with Crippen LogP contribution in [-0.2, 0) is 9.59 Å². The van der Waals surface area contributed by atoms with Crippen LogP contribution in [0.5, 0.6) is 0 Å². The topological polar surface area (TPSA) is 54.4 Å². The van der Waals surface area contributed by atoms with Crippen molar-refractivity contribution in [1.29, 1.82) is 0 Å². The summed E-state index contributed by atoms with van der Waals surface area (Å²) in [5.74, 6) is -0.754. The molecule has 1 unspecified atom stereocenters. The molecule has 0 heterocycles. The molecular formula is C9H16O3S. The molecule has 1 atom stereocenters. The maximum Gasteiger partial charge on any atom is 0.324 e. The molecule has 1 N–H and O–H groups in total. The molecule has 76 valence electrons. The van der Waals surface area contributed by atoms with Crippen molar-refractivity contribution in [1.82, 2.24) is 0 Å². The number of aliphatic carboxylic acids is 1. The highest BCUT2D eigenvalue weighted by molar-refractivity contribution is 8.00. The number of rotatable bonds is 6. The number of carbonyl (C=O) groups is 2. The Balaban J connectivity index is 4.00. The number of carboxylic acid groups (broad SMARTS) is 1. The van der Waals surface area contributed by atoms with Crippen LogP contribution in [0.1, 0.15) is 26.7 Å². The lowest BCUT2D eigenvalue weighted by atomic mass is 10.0. The zero-order valence-electron chi connectivity index (χ0n) is 8.24. The summed E-state index contributed by atoms with van der Waals surface area (Å²) >= 11 is 1.09. The summed E-state index contributed by atoms with van der Waals surface area (Å²) in [6.07, 6.45) is 2.78. The van der Waals surface area contributed by atoms with Crippen LogP contribution in [0, 0.1) is 5.92 Å². The maximum absolute atomic E-state index is 11.3. The molecule has 3 nitrogen and oxygen atoms in total. The van der Waals surface area contributed by atoms with E-state index in [9.17, 15) is 9.59 Å². The Labute approximate surface area is 82.9 Å². The Morgan fingerprint density at radius 2 is 1.92 bits per heavy atom. The van der Waals surface area contributed by atoms with Crippen LogP contribution < -0.4 is 0 Å². The summed E-state index contributed by atoms with van der Waals surface area (Å²) in [4.78, 5) is 21.9. The van der Waals surface area contributed by atoms with Crippen molar-refractivity contribution in [3.05, 3.63) is 0 Å². The molecule has 0 aliphatic heterocycles. The highest BCUT2D eigenvalue weighted by Crippen LogP contribution is 2.13. The lowest BCUT2D eigenvalue weighted by molar-refractivity contribution is -0.139. The van der Waals surface area contributed by atoms with E-state index in [2.05, 4.69) is 0 Å². The lowest BCUT2D eigenvalue weighted by Crippen LogP contribution is -2.26. The van der Waals surface area contributed by atoms with Gasteiger partial charge in [0, 0.05) is 6.42 Å². The van der Waals surface area contributed by atoms with Crippen molar-refractivity contribution in [3.63, 3.8) is 0 Å². The van der Waals surface area contributed by atoms with Gasteiger partial charge < -0.3 is 5.11 Å². The quantitative estimate of drug-likeness (QED) is 0.670. The number of hydrogen-bond donors (Lipinski definition) is 1. The second kappa shape index (κ2) is 6.02. The van der Waals surface area contributed by atoms with E-state index >= 15 is 0 Å². The Morgan fingerprint density at radius 3 is 2.23 bits per heavy atom. The number of thioether (sulfide) groups is 1. The van der Waals surface area contributed by atoms with Crippen LogP contribution in [0.25, 0.3) is 0 Å². The van der Waals surface area contributed by atoms with Gasteiger partial charge in [0.15, 0.2) is 11.0 Å². The molecular weight excluding hydrogens is 188 g/mol. The predicted molar refractivity (Wildman–Crippen MR) is 54.0 cm³/mol. The van der Waals surface area contributed by atoms with Gasteiger partial charge in [0.05, 0.1) is 0 Å². The van der Waals surface area contributed by atoms with E-state index in [-0.39, 0.29) is 5.78 Å². The van der Waals surface area contributed by atoms with Gasteiger partial charge >= 0.3 is 5.97 Å². The van der Waals surface area contributed by atoms with E-state index in [1.807, 2.05) is 13.8 Å². The number of Topliss-reactive ketones (excluding diaryl/α,β-unsaturated/α-hetero) is 1. The second-order valence-electron chi connectivity index (χ2n) is 3.35. The van der Waals surface area contributed by atoms with Gasteiger partial charge in [0.25, 0.3) is 0 Å². The van der Waals surface area contributed by atoms with Gasteiger partial charge in [-0.3, -0.25) is 9.59 Å². The lowest BCUT2D eigenvalue weighted by Gasteiger charge is -2.08. The molecule has 0 radical (unpaired) electrons. The Morgan fingerprint density at radius 1 is 1.38 bits per heavy atom. The van der Waals surface area contributed by atoms with Gasteiger partial charge in [0.1, 0.15) is 0 Å². The molecule has 0 fully saturated rings. The van der Waals surface area contributed by atoms with E-state index in [0.29, 0.717) is 12.3 Å². The number of carbonyl (C=O) groups excluding carboxylic acids is 1. The number of carboxylic acids is 1. The summed E-state index contributed by atoms with van der Waals surface area (Å²) in [5, 5.41) is 7.79. The third kappa shape index (κ3) is 4.93.